The fraction of sp³-hybridized carbons (Fsp3) is 0.300. The van der Waals surface area contributed by atoms with Gasteiger partial charge in [0, 0.05) is 7.05 Å². The number of hydrogen-bond donors (Lipinski definition) is 0. The monoisotopic (exact) mass is 434 g/mol. The molecule has 154 valence electrons. The zero-order valence-corrected chi connectivity index (χ0v) is 18.5. The highest BCUT2D eigenvalue weighted by Gasteiger charge is 2.27. The number of para-hydroxylation sites is 1. The number of nitrogens with zero attached hydrogens (tertiary/aromatic N) is 2. The Bertz CT molecular complexity index is 1160. The number of thiazole rings is 1. The van der Waals surface area contributed by atoms with Gasteiger partial charge in [0.05, 0.1) is 41.4 Å². The quantitative estimate of drug-likeness (QED) is 0.552. The van der Waals surface area contributed by atoms with E-state index in [0.29, 0.717) is 33.0 Å². The molecule has 0 spiro atoms. The third kappa shape index (κ3) is 3.98. The first kappa shape index (κ1) is 21.2. The van der Waals surface area contributed by atoms with Crippen LogP contribution in [0.25, 0.3) is 10.2 Å². The molecule has 0 saturated carbocycles. The summed E-state index contributed by atoms with van der Waals surface area (Å²) in [5, 5.41) is 0.589. The molecule has 0 aliphatic carbocycles. The van der Waals surface area contributed by atoms with E-state index in [9.17, 15) is 13.2 Å². The van der Waals surface area contributed by atoms with Crippen LogP contribution >= 0.6 is 11.3 Å². The standard InChI is InChI=1S/C20H22N2O5S2/c1-12-9-14(26-4)10-13(2)19(12)29(24,25)22(3)11-17-21-18-15(20(23)27-5)7-6-8-16(18)28-17/h6-10H,11H2,1-5H3. The van der Waals surface area contributed by atoms with Crippen molar-refractivity contribution in [2.45, 2.75) is 25.3 Å². The van der Waals surface area contributed by atoms with Gasteiger partial charge in [0.25, 0.3) is 0 Å². The van der Waals surface area contributed by atoms with Crippen molar-refractivity contribution in [3.05, 3.63) is 52.0 Å². The predicted molar refractivity (Wildman–Crippen MR) is 112 cm³/mol. The van der Waals surface area contributed by atoms with Gasteiger partial charge in [-0.15, -0.1) is 11.3 Å². The Kier molecular flexibility index (Phi) is 5.92. The second-order valence-corrected chi connectivity index (χ2v) is 9.70. The Hall–Kier alpha value is -2.49. The minimum absolute atomic E-state index is 0.0905. The lowest BCUT2D eigenvalue weighted by Crippen LogP contribution is -2.27. The van der Waals surface area contributed by atoms with Gasteiger partial charge >= 0.3 is 5.97 Å². The summed E-state index contributed by atoms with van der Waals surface area (Å²) in [6.07, 6.45) is 0. The Morgan fingerprint density at radius 2 is 1.83 bits per heavy atom. The van der Waals surface area contributed by atoms with E-state index in [0.717, 1.165) is 4.70 Å². The van der Waals surface area contributed by atoms with E-state index in [1.54, 1.807) is 45.2 Å². The van der Waals surface area contributed by atoms with Gasteiger partial charge in [-0.2, -0.15) is 4.31 Å². The lowest BCUT2D eigenvalue weighted by Gasteiger charge is -2.19. The van der Waals surface area contributed by atoms with E-state index in [4.69, 9.17) is 9.47 Å². The summed E-state index contributed by atoms with van der Waals surface area (Å²) in [7, 11) is 0.640. The van der Waals surface area contributed by atoms with Crippen molar-refractivity contribution in [2.75, 3.05) is 21.3 Å². The number of rotatable bonds is 6. The van der Waals surface area contributed by atoms with Gasteiger partial charge < -0.3 is 9.47 Å². The van der Waals surface area contributed by atoms with Crippen molar-refractivity contribution < 1.29 is 22.7 Å². The minimum Gasteiger partial charge on any atom is -0.497 e. The molecule has 2 aromatic carbocycles. The molecule has 0 saturated heterocycles. The zero-order chi connectivity index (χ0) is 21.3. The number of fused-ring (bicyclic) bond motifs is 1. The number of sulfonamides is 1. The van der Waals surface area contributed by atoms with E-state index < -0.39 is 16.0 Å². The predicted octanol–water partition coefficient (Wildman–Crippen LogP) is 3.53. The maximum Gasteiger partial charge on any atom is 0.340 e. The molecule has 3 rings (SSSR count). The molecular formula is C20H22N2O5S2. The molecule has 0 aliphatic rings. The number of esters is 1. The van der Waals surface area contributed by atoms with E-state index in [1.165, 1.54) is 29.8 Å². The average molecular weight is 435 g/mol. The molecule has 9 heteroatoms. The summed E-state index contributed by atoms with van der Waals surface area (Å²) in [5.74, 6) is 0.140. The minimum atomic E-state index is -3.74. The van der Waals surface area contributed by atoms with Crippen LogP contribution in [0.2, 0.25) is 0 Å². The molecule has 0 amide bonds. The Labute approximate surface area is 173 Å². The Morgan fingerprint density at radius 3 is 2.41 bits per heavy atom. The topological polar surface area (TPSA) is 85.8 Å². The van der Waals surface area contributed by atoms with E-state index in [1.807, 2.05) is 6.07 Å². The van der Waals surface area contributed by atoms with Crippen LogP contribution in [0.4, 0.5) is 0 Å². The summed E-state index contributed by atoms with van der Waals surface area (Å²) >= 11 is 1.35. The third-order valence-corrected chi connectivity index (χ3v) is 7.68. The Morgan fingerprint density at radius 1 is 1.17 bits per heavy atom. The van der Waals surface area contributed by atoms with Gasteiger partial charge in [0.1, 0.15) is 10.8 Å². The first-order chi connectivity index (χ1) is 13.7. The lowest BCUT2D eigenvalue weighted by atomic mass is 10.1. The van der Waals surface area contributed by atoms with Crippen LogP contribution in [0, 0.1) is 13.8 Å². The average Bonchev–Trinajstić information content (AvgIpc) is 3.08. The molecule has 1 heterocycles. The summed E-state index contributed by atoms with van der Waals surface area (Å²) in [5.41, 5.74) is 2.11. The molecule has 0 bridgehead atoms. The van der Waals surface area contributed by atoms with Crippen molar-refractivity contribution in [3.8, 4) is 5.75 Å². The number of aryl methyl sites for hydroxylation is 2. The summed E-state index contributed by atoms with van der Waals surface area (Å²) in [6.45, 7) is 3.58. The molecule has 0 atom stereocenters. The first-order valence-electron chi connectivity index (χ1n) is 8.77. The van der Waals surface area contributed by atoms with Crippen LogP contribution in [-0.4, -0.2) is 44.9 Å². The summed E-state index contributed by atoms with van der Waals surface area (Å²) in [6, 6.07) is 8.64. The van der Waals surface area contributed by atoms with Gasteiger partial charge in [-0.25, -0.2) is 18.2 Å². The number of carbonyl (C=O) groups excluding carboxylic acids is 1. The highest BCUT2D eigenvalue weighted by Crippen LogP contribution is 2.30. The maximum absolute atomic E-state index is 13.2. The molecule has 3 aromatic rings. The fourth-order valence-corrected chi connectivity index (χ4v) is 5.87. The first-order valence-corrected chi connectivity index (χ1v) is 11.0. The fourth-order valence-electron chi connectivity index (χ4n) is 3.20. The van der Waals surface area contributed by atoms with Gasteiger partial charge in [-0.3, -0.25) is 0 Å². The second-order valence-electron chi connectivity index (χ2n) is 6.60. The number of carbonyl (C=O) groups is 1. The normalized spacial score (nSPS) is 11.8. The third-order valence-electron chi connectivity index (χ3n) is 4.56. The van der Waals surface area contributed by atoms with Gasteiger partial charge in [0.15, 0.2) is 0 Å². The van der Waals surface area contributed by atoms with Gasteiger partial charge in [0.2, 0.25) is 10.0 Å². The van der Waals surface area contributed by atoms with E-state index >= 15 is 0 Å². The molecule has 29 heavy (non-hydrogen) atoms. The molecule has 0 fully saturated rings. The molecule has 0 unspecified atom stereocenters. The smallest absolute Gasteiger partial charge is 0.340 e. The highest BCUT2D eigenvalue weighted by molar-refractivity contribution is 7.89. The van der Waals surface area contributed by atoms with E-state index in [-0.39, 0.29) is 11.4 Å². The van der Waals surface area contributed by atoms with Crippen molar-refractivity contribution >= 4 is 37.5 Å². The van der Waals surface area contributed by atoms with Crippen LogP contribution in [-0.2, 0) is 21.3 Å². The van der Waals surface area contributed by atoms with Crippen molar-refractivity contribution in [3.63, 3.8) is 0 Å². The van der Waals surface area contributed by atoms with Gasteiger partial charge in [-0.05, 0) is 49.2 Å². The van der Waals surface area contributed by atoms with E-state index in [2.05, 4.69) is 4.98 Å². The maximum atomic E-state index is 13.2. The number of aromatic nitrogens is 1. The zero-order valence-electron chi connectivity index (χ0n) is 16.8. The van der Waals surface area contributed by atoms with Crippen molar-refractivity contribution in [2.24, 2.45) is 0 Å². The molecule has 7 nitrogen and oxygen atoms in total. The number of ether oxygens (including phenoxy) is 2. The number of methoxy groups -OCH3 is 2. The summed E-state index contributed by atoms with van der Waals surface area (Å²) < 4.78 is 38.5. The molecule has 0 radical (unpaired) electrons. The number of hydrogen-bond acceptors (Lipinski definition) is 7. The van der Waals surface area contributed by atoms with Crippen LogP contribution in [0.1, 0.15) is 26.5 Å². The molecular weight excluding hydrogens is 412 g/mol. The van der Waals surface area contributed by atoms with Crippen LogP contribution in [0.3, 0.4) is 0 Å². The van der Waals surface area contributed by atoms with Crippen LogP contribution in [0.15, 0.2) is 35.2 Å². The Balaban J connectivity index is 1.96. The molecule has 0 N–H and O–H groups in total. The lowest BCUT2D eigenvalue weighted by molar-refractivity contribution is 0.0603. The largest absolute Gasteiger partial charge is 0.497 e. The van der Waals surface area contributed by atoms with Gasteiger partial charge in [-0.1, -0.05) is 6.07 Å². The second kappa shape index (κ2) is 8.10. The number of benzene rings is 2. The molecule has 1 aromatic heterocycles. The van der Waals surface area contributed by atoms with Crippen LogP contribution < -0.4 is 4.74 Å². The SMILES string of the molecule is COC(=O)c1cccc2sc(CN(C)S(=O)(=O)c3c(C)cc(OC)cc3C)nc12. The summed E-state index contributed by atoms with van der Waals surface area (Å²) in [4.78, 5) is 16.7. The van der Waals surface area contributed by atoms with Crippen molar-refractivity contribution in [1.82, 2.24) is 9.29 Å². The molecule has 0 aliphatic heterocycles. The van der Waals surface area contributed by atoms with Crippen molar-refractivity contribution in [1.29, 1.82) is 0 Å². The highest BCUT2D eigenvalue weighted by atomic mass is 32.2. The van der Waals surface area contributed by atoms with Crippen LogP contribution in [0.5, 0.6) is 5.75 Å².